The lowest BCUT2D eigenvalue weighted by atomic mass is 10.2. The standard InChI is InChI=1S/C25H23N3O2S/c29-24(27-17-5-9-25-28-22-7-1-2-8-23(22)31-25)15-12-19-10-13-21(14-11-19)30-18-20-6-3-4-16-26-20/h1-4,6-8,10-16H,5,9,17-18H2,(H,27,29)/b15-12+. The SMILES string of the molecule is O=C(/C=C/c1ccc(OCc2ccccn2)cc1)NCCCc1nc2ccccc2s1. The maximum atomic E-state index is 12.1. The molecule has 6 heteroatoms. The Morgan fingerprint density at radius 3 is 2.68 bits per heavy atom. The molecule has 0 aliphatic rings. The van der Waals surface area contributed by atoms with Gasteiger partial charge in [-0.25, -0.2) is 4.98 Å². The Morgan fingerprint density at radius 2 is 1.87 bits per heavy atom. The van der Waals surface area contributed by atoms with E-state index in [2.05, 4.69) is 21.4 Å². The van der Waals surface area contributed by atoms with Crippen LogP contribution < -0.4 is 10.1 Å². The van der Waals surface area contributed by atoms with E-state index in [1.165, 1.54) is 4.70 Å². The third-order valence-electron chi connectivity index (χ3n) is 4.62. The Balaban J connectivity index is 1.18. The number of hydrogen-bond donors (Lipinski definition) is 1. The Morgan fingerprint density at radius 1 is 1.03 bits per heavy atom. The molecule has 0 spiro atoms. The number of benzene rings is 2. The number of carbonyl (C=O) groups is 1. The summed E-state index contributed by atoms with van der Waals surface area (Å²) in [6, 6.07) is 21.5. The third-order valence-corrected chi connectivity index (χ3v) is 5.72. The van der Waals surface area contributed by atoms with Crippen molar-refractivity contribution in [2.24, 2.45) is 0 Å². The molecule has 1 N–H and O–H groups in total. The van der Waals surface area contributed by atoms with E-state index in [-0.39, 0.29) is 5.91 Å². The quantitative estimate of drug-likeness (QED) is 0.299. The molecule has 0 bridgehead atoms. The molecule has 0 saturated carbocycles. The van der Waals surface area contributed by atoms with Crippen LogP contribution in [-0.2, 0) is 17.8 Å². The zero-order valence-electron chi connectivity index (χ0n) is 17.0. The second kappa shape index (κ2) is 10.5. The zero-order valence-corrected chi connectivity index (χ0v) is 17.8. The molecular formula is C25H23N3O2S. The number of aryl methyl sites for hydroxylation is 1. The second-order valence-corrected chi connectivity index (χ2v) is 8.10. The van der Waals surface area contributed by atoms with E-state index >= 15 is 0 Å². The maximum absolute atomic E-state index is 12.1. The molecule has 0 saturated heterocycles. The normalized spacial score (nSPS) is 11.1. The largest absolute Gasteiger partial charge is 0.487 e. The van der Waals surface area contributed by atoms with Crippen LogP contribution >= 0.6 is 11.3 Å². The van der Waals surface area contributed by atoms with Crippen LogP contribution in [0, 0.1) is 0 Å². The number of nitrogens with one attached hydrogen (secondary N) is 1. The number of rotatable bonds is 9. The summed E-state index contributed by atoms with van der Waals surface area (Å²) in [6.07, 6.45) is 6.83. The van der Waals surface area contributed by atoms with Crippen molar-refractivity contribution in [1.82, 2.24) is 15.3 Å². The van der Waals surface area contributed by atoms with E-state index in [1.807, 2.05) is 60.7 Å². The van der Waals surface area contributed by atoms with Crippen molar-refractivity contribution in [2.75, 3.05) is 6.54 Å². The van der Waals surface area contributed by atoms with Crippen LogP contribution in [0.2, 0.25) is 0 Å². The molecule has 1 amide bonds. The van der Waals surface area contributed by atoms with Gasteiger partial charge in [-0.05, 0) is 54.5 Å². The minimum Gasteiger partial charge on any atom is -0.487 e. The van der Waals surface area contributed by atoms with Crippen molar-refractivity contribution in [3.63, 3.8) is 0 Å². The molecule has 2 aromatic heterocycles. The molecule has 2 aromatic carbocycles. The van der Waals surface area contributed by atoms with Crippen molar-refractivity contribution in [3.8, 4) is 5.75 Å². The van der Waals surface area contributed by atoms with Gasteiger partial charge in [0.1, 0.15) is 12.4 Å². The highest BCUT2D eigenvalue weighted by Crippen LogP contribution is 2.22. The Bertz CT molecular complexity index is 1120. The summed E-state index contributed by atoms with van der Waals surface area (Å²) in [5.41, 5.74) is 2.86. The van der Waals surface area contributed by atoms with Crippen molar-refractivity contribution in [3.05, 3.63) is 95.3 Å². The number of fused-ring (bicyclic) bond motifs is 1. The number of carbonyl (C=O) groups excluding carboxylic acids is 1. The molecule has 0 aliphatic carbocycles. The molecule has 0 radical (unpaired) electrons. The van der Waals surface area contributed by atoms with E-state index in [0.717, 1.165) is 40.4 Å². The predicted octanol–water partition coefficient (Wildman–Crippen LogP) is 5.03. The van der Waals surface area contributed by atoms with Gasteiger partial charge in [-0.15, -0.1) is 11.3 Å². The molecule has 4 rings (SSSR count). The van der Waals surface area contributed by atoms with Gasteiger partial charge < -0.3 is 10.1 Å². The molecule has 4 aromatic rings. The van der Waals surface area contributed by atoms with E-state index in [4.69, 9.17) is 4.74 Å². The van der Waals surface area contributed by atoms with Gasteiger partial charge in [-0.1, -0.05) is 30.3 Å². The summed E-state index contributed by atoms with van der Waals surface area (Å²) in [7, 11) is 0. The fraction of sp³-hybridized carbons (Fsp3) is 0.160. The number of pyridine rings is 1. The molecule has 31 heavy (non-hydrogen) atoms. The first-order chi connectivity index (χ1) is 15.3. The molecule has 5 nitrogen and oxygen atoms in total. The van der Waals surface area contributed by atoms with Gasteiger partial charge in [0.05, 0.1) is 20.9 Å². The number of amides is 1. The van der Waals surface area contributed by atoms with Crippen molar-refractivity contribution in [2.45, 2.75) is 19.4 Å². The number of nitrogens with zero attached hydrogens (tertiary/aromatic N) is 2. The highest BCUT2D eigenvalue weighted by atomic mass is 32.1. The van der Waals surface area contributed by atoms with Gasteiger partial charge in [0.25, 0.3) is 0 Å². The second-order valence-electron chi connectivity index (χ2n) is 6.98. The summed E-state index contributed by atoms with van der Waals surface area (Å²) >= 11 is 1.72. The molecule has 0 fully saturated rings. The number of para-hydroxylation sites is 1. The molecule has 0 unspecified atom stereocenters. The van der Waals surface area contributed by atoms with Crippen LogP contribution in [-0.4, -0.2) is 22.4 Å². The average molecular weight is 430 g/mol. The number of hydrogen-bond acceptors (Lipinski definition) is 5. The minimum absolute atomic E-state index is 0.0974. The first-order valence-corrected chi connectivity index (χ1v) is 11.0. The molecule has 0 atom stereocenters. The van der Waals surface area contributed by atoms with E-state index < -0.39 is 0 Å². The van der Waals surface area contributed by atoms with E-state index in [9.17, 15) is 4.79 Å². The summed E-state index contributed by atoms with van der Waals surface area (Å²) < 4.78 is 6.93. The Hall–Kier alpha value is -3.51. The minimum atomic E-state index is -0.0974. The first-order valence-electron chi connectivity index (χ1n) is 10.2. The average Bonchev–Trinajstić information content (AvgIpc) is 3.23. The summed E-state index contributed by atoms with van der Waals surface area (Å²) in [6.45, 7) is 1.05. The van der Waals surface area contributed by atoms with Crippen LogP contribution in [0.25, 0.3) is 16.3 Å². The summed E-state index contributed by atoms with van der Waals surface area (Å²) in [5.74, 6) is 0.668. The number of aromatic nitrogens is 2. The molecular weight excluding hydrogens is 406 g/mol. The lowest BCUT2D eigenvalue weighted by Gasteiger charge is -2.05. The van der Waals surface area contributed by atoms with E-state index in [1.54, 1.807) is 29.7 Å². The first kappa shape index (κ1) is 20.8. The predicted molar refractivity (Wildman–Crippen MR) is 125 cm³/mol. The smallest absolute Gasteiger partial charge is 0.243 e. The monoisotopic (exact) mass is 429 g/mol. The summed E-state index contributed by atoms with van der Waals surface area (Å²) in [5, 5.41) is 4.03. The lowest BCUT2D eigenvalue weighted by Crippen LogP contribution is -2.22. The fourth-order valence-electron chi connectivity index (χ4n) is 3.02. The maximum Gasteiger partial charge on any atom is 0.243 e. The van der Waals surface area contributed by atoms with Crippen LogP contribution in [0.1, 0.15) is 22.7 Å². The number of thiazole rings is 1. The molecule has 0 aliphatic heterocycles. The topological polar surface area (TPSA) is 64.1 Å². The Labute approximate surface area is 185 Å². The van der Waals surface area contributed by atoms with Gasteiger partial charge in [0.15, 0.2) is 0 Å². The van der Waals surface area contributed by atoms with Gasteiger partial charge in [0, 0.05) is 25.2 Å². The zero-order chi connectivity index (χ0) is 21.3. The van der Waals surface area contributed by atoms with Crippen LogP contribution in [0.3, 0.4) is 0 Å². The molecule has 2 heterocycles. The van der Waals surface area contributed by atoms with E-state index in [0.29, 0.717) is 13.2 Å². The van der Waals surface area contributed by atoms with Crippen molar-refractivity contribution in [1.29, 1.82) is 0 Å². The number of ether oxygens (including phenoxy) is 1. The third kappa shape index (κ3) is 6.23. The van der Waals surface area contributed by atoms with Crippen molar-refractivity contribution < 1.29 is 9.53 Å². The molecule has 156 valence electrons. The van der Waals surface area contributed by atoms with Crippen LogP contribution in [0.15, 0.2) is 79.0 Å². The fourth-order valence-corrected chi connectivity index (χ4v) is 4.03. The van der Waals surface area contributed by atoms with Gasteiger partial charge in [0.2, 0.25) is 5.91 Å². The Kier molecular flexibility index (Phi) is 7.03. The van der Waals surface area contributed by atoms with Crippen molar-refractivity contribution >= 4 is 33.5 Å². The van der Waals surface area contributed by atoms with Gasteiger partial charge >= 0.3 is 0 Å². The van der Waals surface area contributed by atoms with Gasteiger partial charge in [-0.3, -0.25) is 9.78 Å². The highest BCUT2D eigenvalue weighted by Gasteiger charge is 2.03. The van der Waals surface area contributed by atoms with Crippen LogP contribution in [0.4, 0.5) is 0 Å². The lowest BCUT2D eigenvalue weighted by molar-refractivity contribution is -0.116. The van der Waals surface area contributed by atoms with Gasteiger partial charge in [-0.2, -0.15) is 0 Å². The van der Waals surface area contributed by atoms with Crippen LogP contribution in [0.5, 0.6) is 5.75 Å². The summed E-state index contributed by atoms with van der Waals surface area (Å²) in [4.78, 5) is 20.9. The highest BCUT2D eigenvalue weighted by molar-refractivity contribution is 7.18.